The Morgan fingerprint density at radius 2 is 2.55 bits per heavy atom. The van der Waals surface area contributed by atoms with Crippen molar-refractivity contribution >= 4 is 11.6 Å². The lowest BCUT2D eigenvalue weighted by atomic mass is 10.2. The van der Waals surface area contributed by atoms with Gasteiger partial charge in [-0.25, -0.2) is 0 Å². The van der Waals surface area contributed by atoms with Gasteiger partial charge in [0, 0.05) is 6.07 Å². The van der Waals surface area contributed by atoms with Crippen molar-refractivity contribution < 1.29 is 4.52 Å². The molecule has 0 amide bonds. The Morgan fingerprint density at radius 3 is 3.09 bits per heavy atom. The zero-order chi connectivity index (χ0) is 8.10. The van der Waals surface area contributed by atoms with Gasteiger partial charge in [-0.15, -0.1) is 0 Å². The van der Waals surface area contributed by atoms with E-state index < -0.39 is 0 Å². The molecule has 1 aromatic rings. The van der Waals surface area contributed by atoms with Gasteiger partial charge in [0.1, 0.15) is 0 Å². The van der Waals surface area contributed by atoms with Crippen molar-refractivity contribution in [3.8, 4) is 0 Å². The third-order valence-electron chi connectivity index (χ3n) is 1.39. The molecule has 0 atom stereocenters. The Bertz CT molecular complexity index is 212. The van der Waals surface area contributed by atoms with Crippen LogP contribution in [-0.4, -0.2) is 18.7 Å². The highest BCUT2D eigenvalue weighted by Gasteiger charge is 1.99. The highest BCUT2D eigenvalue weighted by atomic mass is 35.5. The second kappa shape index (κ2) is 4.36. The molecular formula is C7H11ClN2O. The van der Waals surface area contributed by atoms with Gasteiger partial charge in [-0.05, 0) is 38.0 Å². The van der Waals surface area contributed by atoms with Crippen molar-refractivity contribution in [3.63, 3.8) is 0 Å². The van der Waals surface area contributed by atoms with Crippen LogP contribution in [0.2, 0.25) is 5.22 Å². The van der Waals surface area contributed by atoms with E-state index in [2.05, 4.69) is 10.5 Å². The molecule has 1 rings (SSSR count). The molecule has 3 nitrogen and oxygen atoms in total. The topological polar surface area (TPSA) is 38.1 Å². The van der Waals surface area contributed by atoms with Crippen molar-refractivity contribution in [1.82, 2.24) is 10.5 Å². The maximum absolute atomic E-state index is 5.53. The number of aryl methyl sites for hydroxylation is 1. The van der Waals surface area contributed by atoms with Crippen LogP contribution >= 0.6 is 11.6 Å². The van der Waals surface area contributed by atoms with Gasteiger partial charge in [-0.3, -0.25) is 0 Å². The van der Waals surface area contributed by atoms with Gasteiger partial charge in [-0.1, -0.05) is 5.16 Å². The lowest BCUT2D eigenvalue weighted by Crippen LogP contribution is -2.08. The van der Waals surface area contributed by atoms with Crippen LogP contribution in [-0.2, 0) is 6.42 Å². The number of aromatic nitrogens is 1. The number of nitrogens with one attached hydrogen (secondary N) is 1. The standard InChI is InChI=1S/C7H11ClN2O/c1-9-4-2-3-6-5-7(8)11-10-6/h5,9H,2-4H2,1H3. The lowest BCUT2D eigenvalue weighted by molar-refractivity contribution is 0.412. The molecule has 0 saturated carbocycles. The minimum atomic E-state index is 0.365. The van der Waals surface area contributed by atoms with Gasteiger partial charge in [-0.2, -0.15) is 0 Å². The van der Waals surface area contributed by atoms with E-state index in [1.54, 1.807) is 6.07 Å². The summed E-state index contributed by atoms with van der Waals surface area (Å²) in [6.07, 6.45) is 1.97. The fourth-order valence-electron chi connectivity index (χ4n) is 0.850. The summed E-state index contributed by atoms with van der Waals surface area (Å²) >= 11 is 5.53. The summed E-state index contributed by atoms with van der Waals surface area (Å²) in [6, 6.07) is 1.75. The summed E-state index contributed by atoms with van der Waals surface area (Å²) in [4.78, 5) is 0. The van der Waals surface area contributed by atoms with Crippen molar-refractivity contribution in [2.75, 3.05) is 13.6 Å². The average Bonchev–Trinajstić information content (AvgIpc) is 2.37. The number of rotatable bonds is 4. The van der Waals surface area contributed by atoms with Gasteiger partial charge in [0.2, 0.25) is 5.22 Å². The molecule has 0 aliphatic carbocycles. The quantitative estimate of drug-likeness (QED) is 0.703. The minimum Gasteiger partial charge on any atom is -0.344 e. The summed E-state index contributed by atoms with van der Waals surface area (Å²) in [5.41, 5.74) is 0.922. The first-order chi connectivity index (χ1) is 5.33. The molecule has 62 valence electrons. The molecule has 0 aromatic carbocycles. The van der Waals surface area contributed by atoms with Crippen molar-refractivity contribution in [1.29, 1.82) is 0 Å². The largest absolute Gasteiger partial charge is 0.344 e. The van der Waals surface area contributed by atoms with Crippen LogP contribution in [0.25, 0.3) is 0 Å². The molecule has 11 heavy (non-hydrogen) atoms. The molecule has 0 fully saturated rings. The highest BCUT2D eigenvalue weighted by Crippen LogP contribution is 2.10. The van der Waals surface area contributed by atoms with Crippen LogP contribution < -0.4 is 5.32 Å². The monoisotopic (exact) mass is 174 g/mol. The molecule has 0 bridgehead atoms. The Balaban J connectivity index is 2.27. The molecule has 1 aromatic heterocycles. The van der Waals surface area contributed by atoms with Crippen LogP contribution in [0.1, 0.15) is 12.1 Å². The molecule has 0 aliphatic heterocycles. The Labute approximate surface area is 70.7 Å². The van der Waals surface area contributed by atoms with Crippen molar-refractivity contribution in [3.05, 3.63) is 17.0 Å². The predicted octanol–water partition coefficient (Wildman–Crippen LogP) is 1.48. The van der Waals surface area contributed by atoms with Crippen LogP contribution in [0.3, 0.4) is 0 Å². The maximum Gasteiger partial charge on any atom is 0.226 e. The molecule has 0 radical (unpaired) electrons. The minimum absolute atomic E-state index is 0.365. The summed E-state index contributed by atoms with van der Waals surface area (Å²) in [5.74, 6) is 0. The summed E-state index contributed by atoms with van der Waals surface area (Å²) < 4.78 is 4.69. The van der Waals surface area contributed by atoms with Gasteiger partial charge in [0.25, 0.3) is 0 Å². The first-order valence-electron chi connectivity index (χ1n) is 3.58. The fraction of sp³-hybridized carbons (Fsp3) is 0.571. The van der Waals surface area contributed by atoms with Gasteiger partial charge in [0.15, 0.2) is 0 Å². The van der Waals surface area contributed by atoms with E-state index in [4.69, 9.17) is 16.1 Å². The van der Waals surface area contributed by atoms with E-state index in [0.29, 0.717) is 5.22 Å². The number of halogens is 1. The maximum atomic E-state index is 5.53. The van der Waals surface area contributed by atoms with E-state index >= 15 is 0 Å². The SMILES string of the molecule is CNCCCc1cc(Cl)on1. The number of hydrogen-bond donors (Lipinski definition) is 1. The molecule has 4 heteroatoms. The van der Waals surface area contributed by atoms with Gasteiger partial charge >= 0.3 is 0 Å². The van der Waals surface area contributed by atoms with Gasteiger partial charge in [0.05, 0.1) is 5.69 Å². The number of nitrogens with zero attached hydrogens (tertiary/aromatic N) is 1. The highest BCUT2D eigenvalue weighted by molar-refractivity contribution is 6.28. The molecule has 0 saturated heterocycles. The zero-order valence-corrected chi connectivity index (χ0v) is 7.19. The van der Waals surface area contributed by atoms with Crippen LogP contribution in [0.15, 0.2) is 10.6 Å². The first kappa shape index (κ1) is 8.56. The molecule has 0 unspecified atom stereocenters. The molecule has 0 aliphatic rings. The number of hydrogen-bond acceptors (Lipinski definition) is 3. The van der Waals surface area contributed by atoms with E-state index in [1.807, 2.05) is 7.05 Å². The van der Waals surface area contributed by atoms with Gasteiger partial charge < -0.3 is 9.84 Å². The lowest BCUT2D eigenvalue weighted by Gasteiger charge is -1.93. The average molecular weight is 175 g/mol. The van der Waals surface area contributed by atoms with E-state index in [9.17, 15) is 0 Å². The van der Waals surface area contributed by atoms with Crippen LogP contribution in [0.5, 0.6) is 0 Å². The van der Waals surface area contributed by atoms with Crippen molar-refractivity contribution in [2.24, 2.45) is 0 Å². The Hall–Kier alpha value is -0.540. The van der Waals surface area contributed by atoms with Crippen LogP contribution in [0.4, 0.5) is 0 Å². The Morgan fingerprint density at radius 1 is 1.73 bits per heavy atom. The van der Waals surface area contributed by atoms with E-state index in [-0.39, 0.29) is 0 Å². The first-order valence-corrected chi connectivity index (χ1v) is 3.96. The Kier molecular flexibility index (Phi) is 3.39. The molecule has 0 spiro atoms. The van der Waals surface area contributed by atoms with E-state index in [0.717, 1.165) is 25.1 Å². The van der Waals surface area contributed by atoms with Crippen LogP contribution in [0, 0.1) is 0 Å². The third-order valence-corrected chi connectivity index (χ3v) is 1.57. The molecule has 1 heterocycles. The molecule has 1 N–H and O–H groups in total. The zero-order valence-electron chi connectivity index (χ0n) is 6.43. The molecular weight excluding hydrogens is 164 g/mol. The second-order valence-electron chi connectivity index (χ2n) is 2.33. The normalized spacial score (nSPS) is 10.4. The summed E-state index contributed by atoms with van der Waals surface area (Å²) in [7, 11) is 1.93. The summed E-state index contributed by atoms with van der Waals surface area (Å²) in [6.45, 7) is 0.991. The predicted molar refractivity (Wildman–Crippen MR) is 43.8 cm³/mol. The summed E-state index contributed by atoms with van der Waals surface area (Å²) in [5, 5.41) is 7.17. The smallest absolute Gasteiger partial charge is 0.226 e. The second-order valence-corrected chi connectivity index (χ2v) is 2.70. The third kappa shape index (κ3) is 2.91. The van der Waals surface area contributed by atoms with Crippen molar-refractivity contribution in [2.45, 2.75) is 12.8 Å². The van der Waals surface area contributed by atoms with E-state index in [1.165, 1.54) is 0 Å². The fourth-order valence-corrected chi connectivity index (χ4v) is 1.01.